The van der Waals surface area contributed by atoms with Gasteiger partial charge >= 0.3 is 41.8 Å². The number of carbonyl (C=O) groups is 14. The summed E-state index contributed by atoms with van der Waals surface area (Å²) in [6.07, 6.45) is -1.31. The van der Waals surface area contributed by atoms with Crippen LogP contribution in [0.3, 0.4) is 0 Å². The molecule has 2 saturated heterocycles. The number of aliphatic carboxylic acids is 7. The van der Waals surface area contributed by atoms with Crippen LogP contribution in [0.2, 0.25) is 0 Å². The summed E-state index contributed by atoms with van der Waals surface area (Å²) in [5.74, 6) is -13.7. The van der Waals surface area contributed by atoms with Crippen molar-refractivity contribution < 1.29 is 188 Å². The Labute approximate surface area is 649 Å². The smallest absolute Gasteiger partial charge is 0.320 e. The van der Waals surface area contributed by atoms with Gasteiger partial charge in [-0.25, -0.2) is 0 Å². The fraction of sp³-hybridized carbons (Fsp3) is 0.645. The topological polar surface area (TPSA) is 525 Å². The Balaban J connectivity index is 0.0000255. The summed E-state index contributed by atoms with van der Waals surface area (Å²) in [6, 6.07) is -0.187. The number of benzene rings is 1. The van der Waals surface area contributed by atoms with E-state index in [1.807, 2.05) is 6.92 Å². The third kappa shape index (κ3) is 38.7. The van der Waals surface area contributed by atoms with Crippen LogP contribution in [0.15, 0.2) is 36.6 Å². The fourth-order valence-corrected chi connectivity index (χ4v) is 11.2. The van der Waals surface area contributed by atoms with Gasteiger partial charge < -0.3 is 78.5 Å². The zero-order valence-electron chi connectivity index (χ0n) is 56.8. The maximum Gasteiger partial charge on any atom is 0.320 e. The summed E-state index contributed by atoms with van der Waals surface area (Å²) in [5.41, 5.74) is 6.38. The number of carboxylic acid groups (broad SMARTS) is 7. The summed E-state index contributed by atoms with van der Waals surface area (Å²) in [5, 5.41) is 95.3. The molecule has 2 fully saturated rings. The largest absolute Gasteiger partial charge is 0.512 e. The Morgan fingerprint density at radius 2 is 0.802 bits per heavy atom. The van der Waals surface area contributed by atoms with Crippen molar-refractivity contribution in [3.8, 4) is 0 Å². The van der Waals surface area contributed by atoms with Crippen LogP contribution >= 0.6 is 0 Å². The maximum atomic E-state index is 14.2. The van der Waals surface area contributed by atoms with Crippen LogP contribution in [0.4, 0.5) is 0 Å². The predicted molar refractivity (Wildman–Crippen MR) is 351 cm³/mol. The van der Waals surface area contributed by atoms with Gasteiger partial charge in [0, 0.05) is 223 Å². The molecular formula is C62H99Gd2N15O22. The van der Waals surface area contributed by atoms with Gasteiger partial charge in [0.15, 0.2) is 0 Å². The Kier molecular flexibility index (Phi) is 46.0. The van der Waals surface area contributed by atoms with Crippen LogP contribution in [0, 0.1) is 85.8 Å². The molecular weight excluding hydrogens is 1620 g/mol. The van der Waals surface area contributed by atoms with E-state index < -0.39 is 166 Å². The first kappa shape index (κ1) is 92.7. The van der Waals surface area contributed by atoms with Crippen molar-refractivity contribution in [3.05, 3.63) is 47.7 Å². The van der Waals surface area contributed by atoms with Crippen LogP contribution in [-0.2, 0) is 80.2 Å². The van der Waals surface area contributed by atoms with Crippen molar-refractivity contribution >= 4 is 83.6 Å². The molecule has 3 rings (SSSR count). The third-order valence-electron chi connectivity index (χ3n) is 16.9. The summed E-state index contributed by atoms with van der Waals surface area (Å²) >= 11 is 0. The molecule has 37 nitrogen and oxygen atoms in total. The average Bonchev–Trinajstić information content (AvgIpc) is 0.895. The number of nitrogens with one attached hydrogen (secondary N) is 6. The fourth-order valence-electron chi connectivity index (χ4n) is 11.2. The van der Waals surface area contributed by atoms with E-state index in [4.69, 9.17) is 5.73 Å². The zero-order valence-corrected chi connectivity index (χ0v) is 61.4. The van der Waals surface area contributed by atoms with Gasteiger partial charge in [-0.05, 0) is 36.3 Å². The number of aliphatic hydroxyl groups is 1. The average molecular weight is 1720 g/mol. The standard InChI is InChI=1S/C62H99N15O22.2Gd/c1-4-41(2)57(67-40-78)60(95)69-45(9-12-49(63)80)58(93)65-31-43-5-7-44(8-6-43)32-66-59(94)46(68-51(82)14-11-48(62(98)99)77-29-25-74(38-55(89)90)21-19-71(35-52(83)84)20-22-75(26-30-77)39-56(91)92)33-64-50(81)13-10-47(61(96)97)76-27-23-72(36-53(85)86)17-15-70(34-42(3)79)16-18-73(24-28-76)37-54(87)88;;/h5-8,40-41,45-48,57,79H,3-4,9-39H2,1-2H3,(H2,63,80)(H,64,81)(H,65,93)(H,66,94)(H,67,78)(H,68,82)(H,69,95)(H,83,84)(H,85,86)(H,87,88)(H,89,90)(H,91,92)(H,96,97)(H,98,99);;/t41?,45-,46-,47?,48?,57-;;/m0../s1. The van der Waals surface area contributed by atoms with E-state index in [0.717, 1.165) is 0 Å². The molecule has 16 N–H and O–H groups in total. The summed E-state index contributed by atoms with van der Waals surface area (Å²) in [6.45, 7) is 4.67. The first-order chi connectivity index (χ1) is 46.8. The number of aliphatic hydroxyl groups excluding tert-OH is 1. The van der Waals surface area contributed by atoms with Crippen molar-refractivity contribution in [2.24, 2.45) is 11.7 Å². The number of nitrogens with two attached hydrogens (primary N) is 1. The molecule has 0 saturated carbocycles. The van der Waals surface area contributed by atoms with Crippen LogP contribution < -0.4 is 37.6 Å². The predicted octanol–water partition coefficient (Wildman–Crippen LogP) is -5.16. The van der Waals surface area contributed by atoms with E-state index in [-0.39, 0.29) is 235 Å². The number of hydrogen-bond acceptors (Lipinski definition) is 23. The number of carboxylic acids is 7. The Morgan fingerprint density at radius 1 is 0.465 bits per heavy atom. The van der Waals surface area contributed by atoms with Crippen molar-refractivity contribution in [1.82, 2.24) is 71.1 Å². The Morgan fingerprint density at radius 3 is 1.12 bits per heavy atom. The molecule has 1 aromatic carbocycles. The summed E-state index contributed by atoms with van der Waals surface area (Å²) in [7, 11) is 0. The first-order valence-electron chi connectivity index (χ1n) is 32.6. The van der Waals surface area contributed by atoms with E-state index in [9.17, 15) is 108 Å². The molecule has 101 heavy (non-hydrogen) atoms. The van der Waals surface area contributed by atoms with Crippen molar-refractivity contribution in [1.29, 1.82) is 0 Å². The zero-order chi connectivity index (χ0) is 73.7. The van der Waals surface area contributed by atoms with E-state index in [2.05, 4.69) is 38.5 Å². The molecule has 0 spiro atoms. The van der Waals surface area contributed by atoms with E-state index >= 15 is 0 Å². The van der Waals surface area contributed by atoms with E-state index in [1.165, 1.54) is 24.5 Å². The summed E-state index contributed by atoms with van der Waals surface area (Å²) in [4.78, 5) is 190. The molecule has 6 atom stereocenters. The number of nitrogens with zero attached hydrogens (tertiary/aromatic N) is 8. The molecule has 1 aromatic rings. The van der Waals surface area contributed by atoms with Gasteiger partial charge in [-0.3, -0.25) is 106 Å². The SMILES string of the molecule is C=C(O)CN1CCN(CC(=O)O)CCN(C(CCC(=O)NC[C@H](NC(=O)CCC(C(=O)O)N2CCN(CC(=O)O)CCN(CC(=O)O)CCN(CC(=O)O)CC2)C(=O)NCc2ccc(CNC(=O)[C@H](CCC(N)=O)NC(=O)[C@@H](NC=O)C(C)CC)cc2)C(=O)O)CCN(CC(=O)O)CC1.[Gd].[Gd]. The molecule has 2 heterocycles. The minimum atomic E-state index is -1.58. The van der Waals surface area contributed by atoms with E-state index in [1.54, 1.807) is 45.9 Å². The monoisotopic (exact) mass is 1720 g/mol. The van der Waals surface area contributed by atoms with Gasteiger partial charge in [-0.2, -0.15) is 0 Å². The van der Waals surface area contributed by atoms with Crippen LogP contribution in [-0.4, -0.2) is 344 Å². The number of amides is 7. The van der Waals surface area contributed by atoms with Crippen LogP contribution in [0.1, 0.15) is 69.9 Å². The second-order valence-corrected chi connectivity index (χ2v) is 24.4. The molecule has 0 aliphatic carbocycles. The maximum absolute atomic E-state index is 14.2. The van der Waals surface area contributed by atoms with Gasteiger partial charge in [0.25, 0.3) is 0 Å². The van der Waals surface area contributed by atoms with Crippen LogP contribution in [0.25, 0.3) is 0 Å². The number of primary amides is 1. The van der Waals surface area contributed by atoms with Crippen LogP contribution in [0.5, 0.6) is 0 Å². The van der Waals surface area contributed by atoms with E-state index in [0.29, 0.717) is 24.0 Å². The molecule has 2 aliphatic heterocycles. The second-order valence-electron chi connectivity index (χ2n) is 24.4. The normalized spacial score (nSPS) is 17.4. The number of carbonyl (C=O) groups excluding carboxylic acids is 7. The molecule has 0 aromatic heterocycles. The van der Waals surface area contributed by atoms with Gasteiger partial charge in [0.1, 0.15) is 30.2 Å². The minimum absolute atomic E-state index is 0. The molecule has 570 valence electrons. The molecule has 0 radical (unpaired) electrons. The third-order valence-corrected chi connectivity index (χ3v) is 16.9. The molecule has 3 unspecified atom stereocenters. The molecule has 0 bridgehead atoms. The number of hydrogen-bond donors (Lipinski definition) is 15. The minimum Gasteiger partial charge on any atom is -0.512 e. The summed E-state index contributed by atoms with van der Waals surface area (Å²) < 4.78 is 0. The van der Waals surface area contributed by atoms with Gasteiger partial charge in [-0.15, -0.1) is 0 Å². The first-order valence-corrected chi connectivity index (χ1v) is 32.6. The quantitative estimate of drug-likeness (QED) is 0.0216. The molecule has 39 heteroatoms. The molecule has 2 aliphatic rings. The van der Waals surface area contributed by atoms with Crippen molar-refractivity contribution in [2.45, 2.75) is 102 Å². The van der Waals surface area contributed by atoms with Gasteiger partial charge in [0.2, 0.25) is 41.9 Å². The van der Waals surface area contributed by atoms with Crippen molar-refractivity contribution in [3.63, 3.8) is 0 Å². The Hall–Kier alpha value is -6.33. The Bertz CT molecular complexity index is 2840. The van der Waals surface area contributed by atoms with Gasteiger partial charge in [-0.1, -0.05) is 51.1 Å². The molecule has 7 amide bonds. The second kappa shape index (κ2) is 50.1. The van der Waals surface area contributed by atoms with Crippen molar-refractivity contribution in [2.75, 3.05) is 151 Å². The number of rotatable bonds is 40. The van der Waals surface area contributed by atoms with Gasteiger partial charge in [0.05, 0.1) is 45.0 Å².